The second kappa shape index (κ2) is 8.14. The highest BCUT2D eigenvalue weighted by Crippen LogP contribution is 2.34. The Bertz CT molecular complexity index is 1730. The van der Waals surface area contributed by atoms with Crippen LogP contribution in [0.5, 0.6) is 0 Å². The van der Waals surface area contributed by atoms with Gasteiger partial charge in [0.2, 0.25) is 0 Å². The molecule has 5 heterocycles. The number of carbonyl (C=O) groups is 1. The zero-order valence-electron chi connectivity index (χ0n) is 19.3. The first-order chi connectivity index (χ1) is 17.0. The molecule has 0 bridgehead atoms. The van der Waals surface area contributed by atoms with Crippen LogP contribution in [0.4, 0.5) is 5.69 Å². The lowest BCUT2D eigenvalue weighted by molar-refractivity contribution is 0.102. The van der Waals surface area contributed by atoms with Gasteiger partial charge in [-0.15, -0.1) is 11.3 Å². The van der Waals surface area contributed by atoms with Crippen LogP contribution in [-0.2, 0) is 0 Å². The summed E-state index contributed by atoms with van der Waals surface area (Å²) in [4.78, 5) is 32.6. The molecule has 0 unspecified atom stereocenters. The summed E-state index contributed by atoms with van der Waals surface area (Å²) in [6.45, 7) is 1.57. The minimum Gasteiger partial charge on any atom is -0.376 e. The molecular weight excluding hydrogens is 458 g/mol. The summed E-state index contributed by atoms with van der Waals surface area (Å²) in [6.07, 6.45) is 5.46. The first-order valence-corrected chi connectivity index (χ1v) is 11.9. The fraction of sp³-hybridized carbons (Fsp3) is 0.115. The van der Waals surface area contributed by atoms with E-state index in [1.165, 1.54) is 11.3 Å². The molecule has 6 rings (SSSR count). The molecule has 172 valence electrons. The number of nitrogens with one attached hydrogen (secondary N) is 2. The maximum absolute atomic E-state index is 11.8. The predicted octanol–water partition coefficient (Wildman–Crippen LogP) is 5.56. The smallest absolute Gasteiger partial charge is 0.169 e. The molecule has 0 atom stereocenters. The van der Waals surface area contributed by atoms with E-state index in [1.807, 2.05) is 55.7 Å². The average Bonchev–Trinajstić information content (AvgIpc) is 3.61. The lowest BCUT2D eigenvalue weighted by atomic mass is 10.0. The van der Waals surface area contributed by atoms with E-state index < -0.39 is 0 Å². The van der Waals surface area contributed by atoms with Gasteiger partial charge in [-0.05, 0) is 48.9 Å². The first kappa shape index (κ1) is 21.2. The molecule has 0 amide bonds. The average molecular weight is 480 g/mol. The highest BCUT2D eigenvalue weighted by Gasteiger charge is 2.18. The Kier molecular flexibility index (Phi) is 4.93. The molecule has 0 aliphatic carbocycles. The molecule has 5 aromatic heterocycles. The molecule has 0 fully saturated rings. The number of benzene rings is 1. The topological polar surface area (TPSA) is 103 Å². The summed E-state index contributed by atoms with van der Waals surface area (Å²) in [6, 6.07) is 14.0. The number of H-pyrrole nitrogens is 2. The molecule has 0 saturated carbocycles. The lowest BCUT2D eigenvalue weighted by Crippen LogP contribution is -2.08. The molecule has 35 heavy (non-hydrogen) atoms. The summed E-state index contributed by atoms with van der Waals surface area (Å²) in [5, 5.41) is 8.64. The molecule has 0 saturated heterocycles. The van der Waals surface area contributed by atoms with Gasteiger partial charge in [0.15, 0.2) is 11.6 Å². The summed E-state index contributed by atoms with van der Waals surface area (Å²) in [7, 11) is 4.00. The van der Waals surface area contributed by atoms with Crippen molar-refractivity contribution >= 4 is 44.7 Å². The van der Waals surface area contributed by atoms with E-state index >= 15 is 0 Å². The van der Waals surface area contributed by atoms with Gasteiger partial charge in [0.25, 0.3) is 0 Å². The van der Waals surface area contributed by atoms with E-state index in [9.17, 15) is 4.79 Å². The van der Waals surface area contributed by atoms with E-state index in [0.717, 1.165) is 55.0 Å². The van der Waals surface area contributed by atoms with Crippen molar-refractivity contribution in [3.05, 3.63) is 65.9 Å². The van der Waals surface area contributed by atoms with Gasteiger partial charge in [0.05, 0.1) is 32.7 Å². The number of fused-ring (bicyclic) bond motifs is 2. The number of nitrogens with zero attached hydrogens (tertiary/aromatic N) is 5. The zero-order valence-corrected chi connectivity index (χ0v) is 20.1. The Balaban J connectivity index is 1.46. The Morgan fingerprint density at radius 1 is 0.971 bits per heavy atom. The van der Waals surface area contributed by atoms with Crippen LogP contribution < -0.4 is 4.90 Å². The maximum Gasteiger partial charge on any atom is 0.169 e. The molecule has 8 nitrogen and oxygen atoms in total. The number of ketones is 1. The van der Waals surface area contributed by atoms with E-state index in [2.05, 4.69) is 43.3 Å². The SMILES string of the molecule is CC(=O)c1ccc(-c2nccc3[nH]c(-c4n[nH]c5ccc(-c6cncc(N(C)C)c6)cc45)nc23)s1. The Morgan fingerprint density at radius 3 is 2.66 bits per heavy atom. The highest BCUT2D eigenvalue weighted by atomic mass is 32.1. The number of hydrogen-bond donors (Lipinski definition) is 2. The maximum atomic E-state index is 11.8. The Hall–Kier alpha value is -4.37. The van der Waals surface area contributed by atoms with E-state index in [-0.39, 0.29) is 5.78 Å². The molecular formula is C26H21N7OS. The van der Waals surface area contributed by atoms with E-state index in [1.54, 1.807) is 13.1 Å². The van der Waals surface area contributed by atoms with Gasteiger partial charge >= 0.3 is 0 Å². The molecule has 1 aromatic carbocycles. The van der Waals surface area contributed by atoms with Gasteiger partial charge in [-0.1, -0.05) is 6.07 Å². The molecule has 2 N–H and O–H groups in total. The minimum absolute atomic E-state index is 0.0428. The van der Waals surface area contributed by atoms with Crippen molar-refractivity contribution in [1.29, 1.82) is 0 Å². The zero-order chi connectivity index (χ0) is 24.1. The molecule has 0 aliphatic rings. The number of thiophene rings is 1. The second-order valence-corrected chi connectivity index (χ2v) is 9.60. The van der Waals surface area contributed by atoms with Crippen molar-refractivity contribution in [2.24, 2.45) is 0 Å². The Morgan fingerprint density at radius 2 is 1.86 bits per heavy atom. The van der Waals surface area contributed by atoms with E-state index in [0.29, 0.717) is 10.7 Å². The number of aromatic amines is 2. The number of carbonyl (C=O) groups excluding carboxylic acids is 1. The molecule has 0 radical (unpaired) electrons. The third kappa shape index (κ3) is 3.66. The fourth-order valence-corrected chi connectivity index (χ4v) is 4.99. The summed E-state index contributed by atoms with van der Waals surface area (Å²) in [5.74, 6) is 0.697. The molecule has 9 heteroatoms. The van der Waals surface area contributed by atoms with Gasteiger partial charge in [-0.2, -0.15) is 5.10 Å². The van der Waals surface area contributed by atoms with Crippen LogP contribution in [0.25, 0.3) is 55.2 Å². The Labute approximate surface area is 204 Å². The second-order valence-electron chi connectivity index (χ2n) is 8.52. The fourth-order valence-electron chi connectivity index (χ4n) is 4.09. The number of anilines is 1. The third-order valence-corrected chi connectivity index (χ3v) is 7.14. The number of hydrogen-bond acceptors (Lipinski definition) is 7. The number of imidazole rings is 1. The van der Waals surface area contributed by atoms with Crippen molar-refractivity contribution in [3.8, 4) is 33.2 Å². The standard InChI is InChI=1S/C26H21N7OS/c1-14(34)21-6-7-22(35-21)25-24-20(8-9-28-25)29-26(30-24)23-18-11-15(4-5-19(18)31-32-23)16-10-17(33(2)3)13-27-12-16/h4-13H,1-3H3,(H,29,30)(H,31,32). The van der Waals surface area contributed by atoms with Crippen LogP contribution in [0.3, 0.4) is 0 Å². The quantitative estimate of drug-likeness (QED) is 0.314. The van der Waals surface area contributed by atoms with Crippen molar-refractivity contribution in [2.45, 2.75) is 6.92 Å². The van der Waals surface area contributed by atoms with Gasteiger partial charge in [0.1, 0.15) is 16.9 Å². The summed E-state index contributed by atoms with van der Waals surface area (Å²) >= 11 is 1.42. The monoisotopic (exact) mass is 479 g/mol. The van der Waals surface area contributed by atoms with Crippen LogP contribution >= 0.6 is 11.3 Å². The third-order valence-electron chi connectivity index (χ3n) is 5.95. The van der Waals surface area contributed by atoms with Gasteiger partial charge in [0, 0.05) is 37.4 Å². The number of aromatic nitrogens is 6. The molecule has 0 aliphatic heterocycles. The molecule has 6 aromatic rings. The van der Waals surface area contributed by atoms with Crippen molar-refractivity contribution in [2.75, 3.05) is 19.0 Å². The number of pyridine rings is 2. The highest BCUT2D eigenvalue weighted by molar-refractivity contribution is 7.17. The lowest BCUT2D eigenvalue weighted by Gasteiger charge is -2.13. The number of Topliss-reactive ketones (excluding diaryl/α,β-unsaturated/α-hetero) is 1. The van der Waals surface area contributed by atoms with Crippen molar-refractivity contribution < 1.29 is 4.79 Å². The first-order valence-electron chi connectivity index (χ1n) is 11.0. The summed E-state index contributed by atoms with van der Waals surface area (Å²) < 4.78 is 0. The molecule has 0 spiro atoms. The van der Waals surface area contributed by atoms with Crippen LogP contribution in [0.1, 0.15) is 16.6 Å². The summed E-state index contributed by atoms with van der Waals surface area (Å²) in [5.41, 5.74) is 7.11. The van der Waals surface area contributed by atoms with Crippen molar-refractivity contribution in [3.63, 3.8) is 0 Å². The minimum atomic E-state index is 0.0428. The van der Waals surface area contributed by atoms with Crippen LogP contribution in [0.2, 0.25) is 0 Å². The predicted molar refractivity (Wildman–Crippen MR) is 140 cm³/mol. The van der Waals surface area contributed by atoms with Crippen LogP contribution in [-0.4, -0.2) is 50.0 Å². The van der Waals surface area contributed by atoms with Crippen LogP contribution in [0, 0.1) is 0 Å². The normalized spacial score (nSPS) is 11.4. The van der Waals surface area contributed by atoms with Gasteiger partial charge < -0.3 is 9.88 Å². The van der Waals surface area contributed by atoms with E-state index in [4.69, 9.17) is 4.98 Å². The van der Waals surface area contributed by atoms with Crippen molar-refractivity contribution in [1.82, 2.24) is 30.1 Å². The largest absolute Gasteiger partial charge is 0.376 e. The van der Waals surface area contributed by atoms with Gasteiger partial charge in [-0.25, -0.2) is 4.98 Å². The van der Waals surface area contributed by atoms with Gasteiger partial charge in [-0.3, -0.25) is 19.9 Å². The number of rotatable bonds is 5. The van der Waals surface area contributed by atoms with Crippen LogP contribution in [0.15, 0.2) is 61.1 Å².